The molecule has 0 saturated heterocycles. The summed E-state index contributed by atoms with van der Waals surface area (Å²) >= 11 is 0. The number of carbonyl (C=O) groups excluding carboxylic acids is 2. The van der Waals surface area contributed by atoms with Gasteiger partial charge in [0, 0.05) is 25.2 Å². The Morgan fingerprint density at radius 2 is 1.73 bits per heavy atom. The van der Waals surface area contributed by atoms with Crippen molar-refractivity contribution < 1.29 is 14.0 Å². The number of benzene rings is 2. The van der Waals surface area contributed by atoms with Crippen molar-refractivity contribution >= 4 is 11.8 Å². The van der Waals surface area contributed by atoms with Gasteiger partial charge in [0.25, 0.3) is 11.8 Å². The van der Waals surface area contributed by atoms with Crippen molar-refractivity contribution in [1.82, 2.24) is 20.0 Å². The fourth-order valence-corrected chi connectivity index (χ4v) is 2.96. The Bertz CT molecular complexity index is 1040. The van der Waals surface area contributed by atoms with Crippen molar-refractivity contribution in [3.05, 3.63) is 82.9 Å². The first kappa shape index (κ1) is 21.2. The summed E-state index contributed by atoms with van der Waals surface area (Å²) in [6.07, 6.45) is 1.50. The summed E-state index contributed by atoms with van der Waals surface area (Å²) < 4.78 is 14.7. The molecule has 2 amide bonds. The molecule has 156 valence electrons. The molecule has 1 N–H and O–H groups in total. The maximum Gasteiger partial charge on any atom is 0.255 e. The van der Waals surface area contributed by atoms with Crippen LogP contribution in [0.2, 0.25) is 0 Å². The molecule has 0 atom stereocenters. The standard InChI is InChI=1S/C23H25FN4O2/c1-15(2)27(4)23(30)18-7-5-17(6-8-18)13-25-22(29)21-14-26-28(16(21)3)20-11-9-19(24)10-12-20/h5-12,14-15H,13H2,1-4H3,(H,25,29). The Kier molecular flexibility index (Phi) is 6.30. The number of nitrogens with one attached hydrogen (secondary N) is 1. The van der Waals surface area contributed by atoms with E-state index in [1.807, 2.05) is 26.0 Å². The summed E-state index contributed by atoms with van der Waals surface area (Å²) in [4.78, 5) is 26.6. The molecule has 2 aromatic carbocycles. The SMILES string of the molecule is Cc1c(C(=O)NCc2ccc(C(=O)N(C)C(C)C)cc2)cnn1-c1ccc(F)cc1. The van der Waals surface area contributed by atoms with Gasteiger partial charge in [-0.25, -0.2) is 9.07 Å². The zero-order chi connectivity index (χ0) is 21.8. The van der Waals surface area contributed by atoms with E-state index in [2.05, 4.69) is 10.4 Å². The topological polar surface area (TPSA) is 67.2 Å². The highest BCUT2D eigenvalue weighted by Gasteiger charge is 2.16. The monoisotopic (exact) mass is 408 g/mol. The third-order valence-corrected chi connectivity index (χ3v) is 5.07. The number of halogens is 1. The minimum absolute atomic E-state index is 0.0376. The highest BCUT2D eigenvalue weighted by atomic mass is 19.1. The molecule has 0 unspecified atom stereocenters. The normalized spacial score (nSPS) is 10.9. The summed E-state index contributed by atoms with van der Waals surface area (Å²) in [6.45, 7) is 6.04. The summed E-state index contributed by atoms with van der Waals surface area (Å²) in [5.74, 6) is -0.616. The Labute approximate surface area is 175 Å². The summed E-state index contributed by atoms with van der Waals surface area (Å²) in [5, 5.41) is 7.12. The molecule has 0 fully saturated rings. The van der Waals surface area contributed by atoms with E-state index in [4.69, 9.17) is 0 Å². The molecule has 30 heavy (non-hydrogen) atoms. The van der Waals surface area contributed by atoms with Gasteiger partial charge in [-0.15, -0.1) is 0 Å². The summed E-state index contributed by atoms with van der Waals surface area (Å²) in [7, 11) is 1.77. The van der Waals surface area contributed by atoms with E-state index in [1.165, 1.54) is 18.3 Å². The molecule has 0 aliphatic heterocycles. The van der Waals surface area contributed by atoms with Crippen LogP contribution in [0.1, 0.15) is 45.8 Å². The van der Waals surface area contributed by atoms with E-state index < -0.39 is 0 Å². The average molecular weight is 408 g/mol. The number of carbonyl (C=O) groups is 2. The van der Waals surface area contributed by atoms with Gasteiger partial charge in [-0.1, -0.05) is 12.1 Å². The minimum atomic E-state index is -0.329. The number of nitrogens with zero attached hydrogens (tertiary/aromatic N) is 3. The maximum absolute atomic E-state index is 13.1. The molecule has 3 aromatic rings. The number of rotatable bonds is 6. The lowest BCUT2D eigenvalue weighted by Crippen LogP contribution is -2.32. The van der Waals surface area contributed by atoms with Crippen LogP contribution in [-0.2, 0) is 6.54 Å². The molecule has 0 saturated carbocycles. The summed E-state index contributed by atoms with van der Waals surface area (Å²) in [5.41, 5.74) is 3.29. The third-order valence-electron chi connectivity index (χ3n) is 5.07. The van der Waals surface area contributed by atoms with Crippen LogP contribution in [0, 0.1) is 12.7 Å². The minimum Gasteiger partial charge on any atom is -0.348 e. The van der Waals surface area contributed by atoms with Crippen LogP contribution in [0.25, 0.3) is 5.69 Å². The molecule has 0 spiro atoms. The molecule has 0 aliphatic carbocycles. The molecule has 7 heteroatoms. The molecule has 3 rings (SSSR count). The molecule has 0 radical (unpaired) electrons. The zero-order valence-corrected chi connectivity index (χ0v) is 17.5. The van der Waals surface area contributed by atoms with Crippen LogP contribution >= 0.6 is 0 Å². The highest BCUT2D eigenvalue weighted by molar-refractivity contribution is 5.95. The lowest BCUT2D eigenvalue weighted by atomic mass is 10.1. The highest BCUT2D eigenvalue weighted by Crippen LogP contribution is 2.15. The van der Waals surface area contributed by atoms with Crippen LogP contribution in [0.4, 0.5) is 4.39 Å². The Morgan fingerprint density at radius 1 is 1.10 bits per heavy atom. The third kappa shape index (κ3) is 4.56. The number of aromatic nitrogens is 2. The van der Waals surface area contributed by atoms with Gasteiger partial charge in [-0.3, -0.25) is 9.59 Å². The van der Waals surface area contributed by atoms with Crippen molar-refractivity contribution in [2.75, 3.05) is 7.05 Å². The molecule has 1 aromatic heterocycles. The Hall–Kier alpha value is -3.48. The van der Waals surface area contributed by atoms with E-state index in [0.717, 1.165) is 5.56 Å². The second kappa shape index (κ2) is 8.90. The maximum atomic E-state index is 13.1. The van der Waals surface area contributed by atoms with Crippen LogP contribution in [0.15, 0.2) is 54.7 Å². The van der Waals surface area contributed by atoms with E-state index >= 15 is 0 Å². The molecule has 0 bridgehead atoms. The van der Waals surface area contributed by atoms with E-state index in [0.29, 0.717) is 29.1 Å². The van der Waals surface area contributed by atoms with Gasteiger partial charge in [0.05, 0.1) is 23.1 Å². The van der Waals surface area contributed by atoms with Crippen molar-refractivity contribution in [1.29, 1.82) is 0 Å². The van der Waals surface area contributed by atoms with E-state index in [-0.39, 0.29) is 23.7 Å². The fourth-order valence-electron chi connectivity index (χ4n) is 2.96. The first-order chi connectivity index (χ1) is 14.3. The molecule has 6 nitrogen and oxygen atoms in total. The van der Waals surface area contributed by atoms with Crippen LogP contribution < -0.4 is 5.32 Å². The smallest absolute Gasteiger partial charge is 0.255 e. The van der Waals surface area contributed by atoms with Crippen molar-refractivity contribution in [3.8, 4) is 5.69 Å². The lowest BCUT2D eigenvalue weighted by molar-refractivity contribution is 0.0754. The van der Waals surface area contributed by atoms with Gasteiger partial charge in [0.1, 0.15) is 5.82 Å². The Balaban J connectivity index is 1.65. The van der Waals surface area contributed by atoms with Gasteiger partial charge >= 0.3 is 0 Å². The van der Waals surface area contributed by atoms with Gasteiger partial charge in [0.15, 0.2) is 0 Å². The molecular weight excluding hydrogens is 383 g/mol. The summed E-state index contributed by atoms with van der Waals surface area (Å²) in [6, 6.07) is 13.2. The second-order valence-electron chi connectivity index (χ2n) is 7.42. The fraction of sp³-hybridized carbons (Fsp3) is 0.261. The average Bonchev–Trinajstić information content (AvgIpc) is 3.13. The number of hydrogen-bond donors (Lipinski definition) is 1. The van der Waals surface area contributed by atoms with Gasteiger partial charge in [-0.05, 0) is 62.7 Å². The molecule has 0 aliphatic rings. The van der Waals surface area contributed by atoms with Crippen molar-refractivity contribution in [2.24, 2.45) is 0 Å². The van der Waals surface area contributed by atoms with Gasteiger partial charge in [0.2, 0.25) is 0 Å². The van der Waals surface area contributed by atoms with Crippen LogP contribution in [0.5, 0.6) is 0 Å². The quantitative estimate of drug-likeness (QED) is 0.676. The van der Waals surface area contributed by atoms with Crippen molar-refractivity contribution in [2.45, 2.75) is 33.4 Å². The first-order valence-electron chi connectivity index (χ1n) is 9.72. The van der Waals surface area contributed by atoms with Gasteiger partial charge < -0.3 is 10.2 Å². The first-order valence-corrected chi connectivity index (χ1v) is 9.72. The molecule has 1 heterocycles. The zero-order valence-electron chi connectivity index (χ0n) is 17.5. The van der Waals surface area contributed by atoms with E-state index in [9.17, 15) is 14.0 Å². The van der Waals surface area contributed by atoms with E-state index in [1.54, 1.807) is 47.8 Å². The number of amides is 2. The van der Waals surface area contributed by atoms with Crippen LogP contribution in [0.3, 0.4) is 0 Å². The second-order valence-corrected chi connectivity index (χ2v) is 7.42. The predicted octanol–water partition coefficient (Wildman–Crippen LogP) is 3.73. The lowest BCUT2D eigenvalue weighted by Gasteiger charge is -2.21. The largest absolute Gasteiger partial charge is 0.348 e. The van der Waals surface area contributed by atoms with Gasteiger partial charge in [-0.2, -0.15) is 5.10 Å². The van der Waals surface area contributed by atoms with Crippen LogP contribution in [-0.4, -0.2) is 39.6 Å². The molecular formula is C23H25FN4O2. The van der Waals surface area contributed by atoms with Crippen molar-refractivity contribution in [3.63, 3.8) is 0 Å². The Morgan fingerprint density at radius 3 is 2.33 bits per heavy atom. The predicted molar refractivity (Wildman–Crippen MR) is 113 cm³/mol. The number of hydrogen-bond acceptors (Lipinski definition) is 3.